The van der Waals surface area contributed by atoms with Gasteiger partial charge in [0.05, 0.1) is 17.4 Å². The van der Waals surface area contributed by atoms with Gasteiger partial charge in [0.25, 0.3) is 0 Å². The summed E-state index contributed by atoms with van der Waals surface area (Å²) in [6, 6.07) is 2.76. The standard InChI is InChI=1S/C17H31N3/c1-6-15-11-16(20(5)19-15)17(18-7-2)14-9-12(3)8-13(4)10-14/h11-14,17-18H,6-10H2,1-5H3. The van der Waals surface area contributed by atoms with Crippen LogP contribution in [0.2, 0.25) is 0 Å². The van der Waals surface area contributed by atoms with Gasteiger partial charge in [-0.2, -0.15) is 5.10 Å². The second-order valence-corrected chi connectivity index (χ2v) is 6.75. The molecule has 0 aromatic carbocycles. The highest BCUT2D eigenvalue weighted by Crippen LogP contribution is 2.39. The van der Waals surface area contributed by atoms with E-state index >= 15 is 0 Å². The molecule has 1 aliphatic carbocycles. The first-order chi connectivity index (χ1) is 9.55. The molecule has 1 fully saturated rings. The average molecular weight is 277 g/mol. The molecule has 1 aromatic heterocycles. The zero-order valence-corrected chi connectivity index (χ0v) is 13.8. The largest absolute Gasteiger partial charge is 0.309 e. The Bertz CT molecular complexity index is 414. The zero-order valence-electron chi connectivity index (χ0n) is 13.8. The lowest BCUT2D eigenvalue weighted by atomic mass is 9.73. The molecule has 1 heterocycles. The van der Waals surface area contributed by atoms with Gasteiger partial charge in [-0.25, -0.2) is 0 Å². The van der Waals surface area contributed by atoms with Gasteiger partial charge in [0, 0.05) is 7.05 Å². The summed E-state index contributed by atoms with van der Waals surface area (Å²) in [6.07, 6.45) is 5.09. The minimum Gasteiger partial charge on any atom is -0.309 e. The van der Waals surface area contributed by atoms with E-state index in [4.69, 9.17) is 0 Å². The maximum Gasteiger partial charge on any atom is 0.0625 e. The van der Waals surface area contributed by atoms with Crippen molar-refractivity contribution in [3.8, 4) is 0 Å². The summed E-state index contributed by atoms with van der Waals surface area (Å²) in [5.74, 6) is 2.45. The summed E-state index contributed by atoms with van der Waals surface area (Å²) in [6.45, 7) is 10.2. The van der Waals surface area contributed by atoms with Gasteiger partial charge >= 0.3 is 0 Å². The van der Waals surface area contributed by atoms with Crippen LogP contribution >= 0.6 is 0 Å². The third-order valence-corrected chi connectivity index (χ3v) is 4.76. The third kappa shape index (κ3) is 3.43. The van der Waals surface area contributed by atoms with Crippen molar-refractivity contribution in [3.05, 3.63) is 17.5 Å². The highest BCUT2D eigenvalue weighted by atomic mass is 15.3. The van der Waals surface area contributed by atoms with Crippen LogP contribution < -0.4 is 5.32 Å². The SMILES string of the molecule is CCNC(c1cc(CC)nn1C)C1CC(C)CC(C)C1. The number of aromatic nitrogens is 2. The third-order valence-electron chi connectivity index (χ3n) is 4.76. The van der Waals surface area contributed by atoms with E-state index in [1.54, 1.807) is 0 Å². The summed E-state index contributed by atoms with van der Waals surface area (Å²) < 4.78 is 2.09. The molecule has 1 N–H and O–H groups in total. The van der Waals surface area contributed by atoms with E-state index in [0.29, 0.717) is 6.04 Å². The lowest BCUT2D eigenvalue weighted by Crippen LogP contribution is -2.34. The molecule has 0 bridgehead atoms. The van der Waals surface area contributed by atoms with Crippen LogP contribution in [0.15, 0.2) is 6.07 Å². The molecule has 3 heteroatoms. The fourth-order valence-corrected chi connectivity index (χ4v) is 4.02. The van der Waals surface area contributed by atoms with Gasteiger partial charge < -0.3 is 5.32 Å². The van der Waals surface area contributed by atoms with Crippen LogP contribution in [0.3, 0.4) is 0 Å². The van der Waals surface area contributed by atoms with Crippen LogP contribution in [0.1, 0.15) is 64.4 Å². The van der Waals surface area contributed by atoms with Crippen LogP contribution in [0, 0.1) is 17.8 Å². The first kappa shape index (κ1) is 15.6. The summed E-state index contributed by atoms with van der Waals surface area (Å²) in [5, 5.41) is 8.37. The van der Waals surface area contributed by atoms with Crippen molar-refractivity contribution in [2.75, 3.05) is 6.54 Å². The Hall–Kier alpha value is -0.830. The van der Waals surface area contributed by atoms with Gasteiger partial charge in [-0.15, -0.1) is 0 Å². The predicted molar refractivity (Wildman–Crippen MR) is 84.7 cm³/mol. The Kier molecular flexibility index (Phi) is 5.25. The molecule has 0 spiro atoms. The molecule has 1 aliphatic rings. The minimum atomic E-state index is 0.461. The van der Waals surface area contributed by atoms with Crippen LogP contribution in [0.25, 0.3) is 0 Å². The topological polar surface area (TPSA) is 29.9 Å². The maximum atomic E-state index is 4.64. The summed E-state index contributed by atoms with van der Waals surface area (Å²) in [7, 11) is 2.09. The second kappa shape index (κ2) is 6.75. The molecule has 0 aliphatic heterocycles. The first-order valence-electron chi connectivity index (χ1n) is 8.31. The monoisotopic (exact) mass is 277 g/mol. The fourth-order valence-electron chi connectivity index (χ4n) is 4.02. The molecule has 3 nitrogen and oxygen atoms in total. The zero-order chi connectivity index (χ0) is 14.7. The van der Waals surface area contributed by atoms with E-state index in [9.17, 15) is 0 Å². The Morgan fingerprint density at radius 3 is 2.40 bits per heavy atom. The van der Waals surface area contributed by atoms with E-state index in [-0.39, 0.29) is 0 Å². The van der Waals surface area contributed by atoms with Gasteiger partial charge in [0.2, 0.25) is 0 Å². The van der Waals surface area contributed by atoms with Gasteiger partial charge in [0.1, 0.15) is 0 Å². The molecule has 0 radical (unpaired) electrons. The van der Waals surface area contributed by atoms with Crippen molar-refractivity contribution in [2.45, 2.75) is 59.4 Å². The molecule has 0 saturated heterocycles. The van der Waals surface area contributed by atoms with E-state index in [1.165, 1.54) is 30.7 Å². The van der Waals surface area contributed by atoms with E-state index < -0.39 is 0 Å². The lowest BCUT2D eigenvalue weighted by Gasteiger charge is -2.37. The van der Waals surface area contributed by atoms with Gasteiger partial charge in [-0.3, -0.25) is 4.68 Å². The van der Waals surface area contributed by atoms with Crippen LogP contribution in [0.5, 0.6) is 0 Å². The fraction of sp³-hybridized carbons (Fsp3) is 0.824. The minimum absolute atomic E-state index is 0.461. The molecule has 3 unspecified atom stereocenters. The first-order valence-corrected chi connectivity index (χ1v) is 8.31. The normalized spacial score (nSPS) is 28.6. The molecule has 114 valence electrons. The number of hydrogen-bond acceptors (Lipinski definition) is 2. The van der Waals surface area contributed by atoms with E-state index in [1.807, 2.05) is 0 Å². The Morgan fingerprint density at radius 1 is 1.25 bits per heavy atom. The number of aryl methyl sites for hydroxylation is 2. The van der Waals surface area contributed by atoms with Crippen LogP contribution in [-0.4, -0.2) is 16.3 Å². The maximum absolute atomic E-state index is 4.64. The Labute approximate surface area is 124 Å². The number of nitrogens with zero attached hydrogens (tertiary/aromatic N) is 2. The molecule has 1 aromatic rings. The number of rotatable bonds is 5. The molecule has 2 rings (SSSR count). The quantitative estimate of drug-likeness (QED) is 0.889. The molecule has 0 amide bonds. The van der Waals surface area contributed by atoms with Crippen molar-refractivity contribution < 1.29 is 0 Å². The van der Waals surface area contributed by atoms with Gasteiger partial charge in [-0.05, 0) is 56.0 Å². The molecule has 1 saturated carbocycles. The molecular formula is C17H31N3. The highest BCUT2D eigenvalue weighted by molar-refractivity contribution is 5.15. The van der Waals surface area contributed by atoms with Crippen molar-refractivity contribution in [1.82, 2.24) is 15.1 Å². The van der Waals surface area contributed by atoms with Crippen LogP contribution in [-0.2, 0) is 13.5 Å². The number of nitrogens with one attached hydrogen (secondary N) is 1. The smallest absolute Gasteiger partial charge is 0.0625 e. The second-order valence-electron chi connectivity index (χ2n) is 6.75. The predicted octanol–water partition coefficient (Wildman–Crippen LogP) is 3.71. The Balaban J connectivity index is 2.23. The Morgan fingerprint density at radius 2 is 1.90 bits per heavy atom. The molecular weight excluding hydrogens is 246 g/mol. The average Bonchev–Trinajstić information content (AvgIpc) is 2.76. The van der Waals surface area contributed by atoms with Gasteiger partial charge in [0.15, 0.2) is 0 Å². The summed E-state index contributed by atoms with van der Waals surface area (Å²) in [4.78, 5) is 0. The van der Waals surface area contributed by atoms with E-state index in [2.05, 4.69) is 55.9 Å². The summed E-state index contributed by atoms with van der Waals surface area (Å²) >= 11 is 0. The summed E-state index contributed by atoms with van der Waals surface area (Å²) in [5.41, 5.74) is 2.58. The van der Waals surface area contributed by atoms with Gasteiger partial charge in [-0.1, -0.05) is 27.7 Å². The van der Waals surface area contributed by atoms with Crippen LogP contribution in [0.4, 0.5) is 0 Å². The van der Waals surface area contributed by atoms with Crippen molar-refractivity contribution in [2.24, 2.45) is 24.8 Å². The van der Waals surface area contributed by atoms with Crippen molar-refractivity contribution in [3.63, 3.8) is 0 Å². The van der Waals surface area contributed by atoms with Crippen molar-refractivity contribution >= 4 is 0 Å². The number of hydrogen-bond donors (Lipinski definition) is 1. The lowest BCUT2D eigenvalue weighted by molar-refractivity contribution is 0.173. The molecule has 20 heavy (non-hydrogen) atoms. The molecule has 3 atom stereocenters. The van der Waals surface area contributed by atoms with E-state index in [0.717, 1.165) is 30.7 Å². The highest BCUT2D eigenvalue weighted by Gasteiger charge is 2.32. The van der Waals surface area contributed by atoms with Crippen molar-refractivity contribution in [1.29, 1.82) is 0 Å².